The van der Waals surface area contributed by atoms with Gasteiger partial charge < -0.3 is 5.32 Å². The second-order valence-corrected chi connectivity index (χ2v) is 2.76. The van der Waals surface area contributed by atoms with Gasteiger partial charge in [-0.05, 0) is 26.5 Å². The van der Waals surface area contributed by atoms with Crippen molar-refractivity contribution in [2.24, 2.45) is 0 Å². The summed E-state index contributed by atoms with van der Waals surface area (Å²) in [5.41, 5.74) is 2.39. The number of hydrogen-bond donors (Lipinski definition) is 1. The number of rotatable bonds is 3. The molecule has 3 nitrogen and oxygen atoms in total. The molecular weight excluding hydrogens is 138 g/mol. The van der Waals surface area contributed by atoms with Crippen molar-refractivity contribution >= 4 is 0 Å². The minimum Gasteiger partial charge on any atom is -0.318 e. The Labute approximate surface area is 67.4 Å². The summed E-state index contributed by atoms with van der Waals surface area (Å²) in [5.74, 6) is 0. The van der Waals surface area contributed by atoms with Gasteiger partial charge in [0, 0.05) is 12.7 Å². The fourth-order valence-corrected chi connectivity index (χ4v) is 0.958. The Morgan fingerprint density at radius 3 is 2.73 bits per heavy atom. The normalized spacial score (nSPS) is 10.5. The van der Waals surface area contributed by atoms with Crippen LogP contribution < -0.4 is 5.32 Å². The van der Waals surface area contributed by atoms with Crippen LogP contribution in [0.25, 0.3) is 0 Å². The van der Waals surface area contributed by atoms with E-state index in [1.54, 1.807) is 0 Å². The first kappa shape index (κ1) is 8.27. The highest BCUT2D eigenvalue weighted by Gasteiger charge is 1.97. The molecule has 0 spiro atoms. The zero-order chi connectivity index (χ0) is 8.27. The summed E-state index contributed by atoms with van der Waals surface area (Å²) in [4.78, 5) is 0. The van der Waals surface area contributed by atoms with Gasteiger partial charge in [-0.3, -0.25) is 4.68 Å². The molecule has 0 aliphatic carbocycles. The van der Waals surface area contributed by atoms with Crippen molar-refractivity contribution in [1.82, 2.24) is 15.1 Å². The third kappa shape index (κ3) is 2.05. The molecule has 0 saturated carbocycles. The van der Waals surface area contributed by atoms with E-state index in [1.165, 1.54) is 5.56 Å². The fraction of sp³-hybridized carbons (Fsp3) is 0.625. The Bertz CT molecular complexity index is 208. The number of nitrogens with zero attached hydrogens (tertiary/aromatic N) is 2. The molecule has 0 amide bonds. The number of likely N-dealkylation sites (N-methyl/N-ethyl adjacent to an activating group) is 1. The van der Waals surface area contributed by atoms with Crippen LogP contribution in [0.1, 0.15) is 11.3 Å². The first-order valence-electron chi connectivity index (χ1n) is 3.89. The average molecular weight is 153 g/mol. The van der Waals surface area contributed by atoms with Crippen molar-refractivity contribution in [3.63, 3.8) is 0 Å². The number of hydrogen-bond acceptors (Lipinski definition) is 2. The van der Waals surface area contributed by atoms with Crippen LogP contribution in [0.4, 0.5) is 0 Å². The zero-order valence-electron chi connectivity index (χ0n) is 7.39. The first-order chi connectivity index (χ1) is 5.24. The Balaban J connectivity index is 2.58. The van der Waals surface area contributed by atoms with E-state index >= 15 is 0 Å². The van der Waals surface area contributed by atoms with E-state index in [0.717, 1.165) is 18.8 Å². The summed E-state index contributed by atoms with van der Waals surface area (Å²) in [6.45, 7) is 6.04. The van der Waals surface area contributed by atoms with Gasteiger partial charge in [-0.2, -0.15) is 5.10 Å². The molecule has 11 heavy (non-hydrogen) atoms. The molecular formula is C8H15N3. The maximum Gasteiger partial charge on any atom is 0.0622 e. The molecule has 0 saturated heterocycles. The molecule has 0 atom stereocenters. The third-order valence-corrected chi connectivity index (χ3v) is 1.78. The van der Waals surface area contributed by atoms with Crippen LogP contribution in [0.5, 0.6) is 0 Å². The van der Waals surface area contributed by atoms with E-state index in [-0.39, 0.29) is 0 Å². The van der Waals surface area contributed by atoms with Gasteiger partial charge in [0.1, 0.15) is 0 Å². The monoisotopic (exact) mass is 153 g/mol. The average Bonchev–Trinajstić information content (AvgIpc) is 2.28. The molecule has 0 aliphatic rings. The summed E-state index contributed by atoms with van der Waals surface area (Å²) < 4.78 is 1.97. The molecule has 0 fully saturated rings. The number of aryl methyl sites for hydroxylation is 2. The van der Waals surface area contributed by atoms with Gasteiger partial charge in [0.05, 0.1) is 12.2 Å². The van der Waals surface area contributed by atoms with E-state index in [4.69, 9.17) is 0 Å². The van der Waals surface area contributed by atoms with E-state index < -0.39 is 0 Å². The van der Waals surface area contributed by atoms with Crippen LogP contribution in [0.2, 0.25) is 0 Å². The maximum atomic E-state index is 4.32. The van der Waals surface area contributed by atoms with Gasteiger partial charge in [0.2, 0.25) is 0 Å². The Morgan fingerprint density at radius 2 is 2.27 bits per heavy atom. The molecule has 1 aromatic heterocycles. The lowest BCUT2D eigenvalue weighted by Gasteiger charge is -1.98. The third-order valence-electron chi connectivity index (χ3n) is 1.78. The predicted octanol–water partition coefficient (Wildman–Crippen LogP) is 0.719. The van der Waals surface area contributed by atoms with E-state index in [9.17, 15) is 0 Å². The first-order valence-corrected chi connectivity index (χ1v) is 3.89. The molecule has 1 rings (SSSR count). The van der Waals surface area contributed by atoms with Crippen LogP contribution in [-0.4, -0.2) is 23.4 Å². The van der Waals surface area contributed by atoms with Crippen molar-refractivity contribution in [3.05, 3.63) is 17.5 Å². The van der Waals surface area contributed by atoms with Crippen LogP contribution in [-0.2, 0) is 6.54 Å². The van der Waals surface area contributed by atoms with E-state index in [2.05, 4.69) is 23.5 Å². The highest BCUT2D eigenvalue weighted by atomic mass is 15.3. The minimum atomic E-state index is 0.950. The molecule has 0 bridgehead atoms. The Hall–Kier alpha value is -0.830. The molecule has 1 N–H and O–H groups in total. The zero-order valence-corrected chi connectivity index (χ0v) is 7.39. The minimum absolute atomic E-state index is 0.950. The fourth-order valence-electron chi connectivity index (χ4n) is 0.958. The topological polar surface area (TPSA) is 29.9 Å². The largest absolute Gasteiger partial charge is 0.318 e. The van der Waals surface area contributed by atoms with E-state index in [1.807, 2.05) is 18.7 Å². The summed E-state index contributed by atoms with van der Waals surface area (Å²) >= 11 is 0. The second kappa shape index (κ2) is 3.53. The number of nitrogens with one attached hydrogen (secondary N) is 1. The quantitative estimate of drug-likeness (QED) is 0.693. The van der Waals surface area contributed by atoms with Crippen molar-refractivity contribution in [2.45, 2.75) is 20.4 Å². The van der Waals surface area contributed by atoms with Gasteiger partial charge in [0.15, 0.2) is 0 Å². The molecule has 0 aromatic carbocycles. The van der Waals surface area contributed by atoms with Gasteiger partial charge in [-0.1, -0.05) is 0 Å². The molecule has 3 heteroatoms. The Kier molecular flexibility index (Phi) is 2.65. The van der Waals surface area contributed by atoms with Gasteiger partial charge in [-0.15, -0.1) is 0 Å². The molecule has 1 heterocycles. The van der Waals surface area contributed by atoms with Crippen LogP contribution in [0.3, 0.4) is 0 Å². The predicted molar refractivity (Wildman–Crippen MR) is 45.6 cm³/mol. The van der Waals surface area contributed by atoms with Crippen molar-refractivity contribution in [1.29, 1.82) is 0 Å². The van der Waals surface area contributed by atoms with Crippen LogP contribution in [0, 0.1) is 13.8 Å². The highest BCUT2D eigenvalue weighted by molar-refractivity contribution is 5.12. The standard InChI is InChI=1S/C8H15N3/c1-7-6-11(5-4-9-3)10-8(7)2/h6,9H,4-5H2,1-3H3. The lowest BCUT2D eigenvalue weighted by Crippen LogP contribution is -2.15. The van der Waals surface area contributed by atoms with Crippen molar-refractivity contribution < 1.29 is 0 Å². The van der Waals surface area contributed by atoms with Gasteiger partial charge in [-0.25, -0.2) is 0 Å². The second-order valence-electron chi connectivity index (χ2n) is 2.76. The Morgan fingerprint density at radius 1 is 1.55 bits per heavy atom. The maximum absolute atomic E-state index is 4.32. The molecule has 0 unspecified atom stereocenters. The lowest BCUT2D eigenvalue weighted by atomic mass is 10.3. The molecule has 0 aliphatic heterocycles. The van der Waals surface area contributed by atoms with Crippen molar-refractivity contribution in [2.75, 3.05) is 13.6 Å². The molecule has 0 radical (unpaired) electrons. The van der Waals surface area contributed by atoms with Gasteiger partial charge in [0.25, 0.3) is 0 Å². The summed E-state index contributed by atoms with van der Waals surface area (Å²) in [5, 5.41) is 7.41. The van der Waals surface area contributed by atoms with Crippen LogP contribution >= 0.6 is 0 Å². The van der Waals surface area contributed by atoms with Gasteiger partial charge >= 0.3 is 0 Å². The number of aromatic nitrogens is 2. The van der Waals surface area contributed by atoms with E-state index in [0.29, 0.717) is 0 Å². The smallest absolute Gasteiger partial charge is 0.0622 e. The SMILES string of the molecule is CNCCn1cc(C)c(C)n1. The summed E-state index contributed by atoms with van der Waals surface area (Å²) in [6.07, 6.45) is 2.08. The highest BCUT2D eigenvalue weighted by Crippen LogP contribution is 2.01. The van der Waals surface area contributed by atoms with Crippen molar-refractivity contribution in [3.8, 4) is 0 Å². The molecule has 62 valence electrons. The lowest BCUT2D eigenvalue weighted by molar-refractivity contribution is 0.581. The summed E-state index contributed by atoms with van der Waals surface area (Å²) in [7, 11) is 1.95. The van der Waals surface area contributed by atoms with Crippen LogP contribution in [0.15, 0.2) is 6.20 Å². The summed E-state index contributed by atoms with van der Waals surface area (Å²) in [6, 6.07) is 0. The molecule has 1 aromatic rings.